The molecule has 0 aliphatic carbocycles. The third-order valence-electron chi connectivity index (χ3n) is 3.86. The van der Waals surface area contributed by atoms with Crippen LogP contribution in [-0.2, 0) is 32.0 Å². The van der Waals surface area contributed by atoms with Gasteiger partial charge in [0, 0.05) is 0 Å². The van der Waals surface area contributed by atoms with E-state index in [0.717, 1.165) is 21.1 Å². The van der Waals surface area contributed by atoms with Gasteiger partial charge in [0.05, 0.1) is 24.3 Å². The van der Waals surface area contributed by atoms with Gasteiger partial charge in [0.25, 0.3) is 11.8 Å². The van der Waals surface area contributed by atoms with E-state index in [0.29, 0.717) is 20.1 Å². The molecule has 4 heterocycles. The third kappa shape index (κ3) is 7.08. The second-order valence-corrected chi connectivity index (χ2v) is 11.0. The average molecular weight is 545 g/mol. The summed E-state index contributed by atoms with van der Waals surface area (Å²) in [6.07, 6.45) is 0.529. The first-order chi connectivity index (χ1) is 15.3. The van der Waals surface area contributed by atoms with Crippen LogP contribution in [0.15, 0.2) is 33.7 Å². The van der Waals surface area contributed by atoms with Gasteiger partial charge in [-0.1, -0.05) is 48.0 Å². The Hall–Kier alpha value is -1.84. The second kappa shape index (κ2) is 11.9. The lowest BCUT2D eigenvalue weighted by molar-refractivity contribution is -0.133. The van der Waals surface area contributed by atoms with Crippen LogP contribution >= 0.6 is 70.6 Å². The van der Waals surface area contributed by atoms with E-state index in [-0.39, 0.29) is 36.5 Å². The lowest BCUT2D eigenvalue weighted by Gasteiger charge is -2.15. The molecule has 0 aromatic carbocycles. The number of hydrogen-bond donors (Lipinski definition) is 2. The van der Waals surface area contributed by atoms with Gasteiger partial charge < -0.3 is 0 Å². The number of carbonyl (C=O) groups is 4. The van der Waals surface area contributed by atoms with E-state index in [1.807, 2.05) is 33.7 Å². The van der Waals surface area contributed by atoms with Crippen LogP contribution in [0.1, 0.15) is 11.1 Å². The number of hydrogen-bond acceptors (Lipinski definition) is 10. The minimum absolute atomic E-state index is 0.173. The van der Waals surface area contributed by atoms with Gasteiger partial charge >= 0.3 is 0 Å². The van der Waals surface area contributed by atoms with Crippen LogP contribution in [0.3, 0.4) is 0 Å². The van der Waals surface area contributed by atoms with Crippen molar-refractivity contribution in [1.29, 1.82) is 0 Å². The smallest absolute Gasteiger partial charge is 0.257 e. The lowest BCUT2D eigenvalue weighted by Crippen LogP contribution is -2.45. The molecule has 0 unspecified atom stereocenters. The topological polar surface area (TPSA) is 98.8 Å². The van der Waals surface area contributed by atoms with Crippen LogP contribution in [0.25, 0.3) is 0 Å². The highest BCUT2D eigenvalue weighted by atomic mass is 32.2. The molecular formula is C18H16N4O4S6. The Bertz CT molecular complexity index is 910. The Morgan fingerprint density at radius 1 is 0.812 bits per heavy atom. The zero-order chi connectivity index (χ0) is 23.1. The molecule has 0 spiro atoms. The molecule has 0 atom stereocenters. The lowest BCUT2D eigenvalue weighted by atomic mass is 10.2. The Balaban J connectivity index is 0.000000181. The van der Waals surface area contributed by atoms with Crippen molar-refractivity contribution in [1.82, 2.24) is 20.9 Å². The van der Waals surface area contributed by atoms with Gasteiger partial charge in [-0.15, -0.1) is 0 Å². The molecular weight excluding hydrogens is 529 g/mol. The highest BCUT2D eigenvalue weighted by Crippen LogP contribution is 2.18. The summed E-state index contributed by atoms with van der Waals surface area (Å²) < 4.78 is 0.812. The van der Waals surface area contributed by atoms with Crippen molar-refractivity contribution in [3.8, 4) is 0 Å². The SMILES string of the molecule is O=C(Cc1ccsc1)NN1C(=O)CSC1=S.O=C(Cc1ccsc1)NN1C(=O)CSC1=S. The highest BCUT2D eigenvalue weighted by molar-refractivity contribution is 8.24. The number of carbonyl (C=O) groups excluding carboxylic acids is 4. The van der Waals surface area contributed by atoms with Gasteiger partial charge in [0.1, 0.15) is 0 Å². The van der Waals surface area contributed by atoms with Crippen molar-refractivity contribution in [2.45, 2.75) is 12.8 Å². The van der Waals surface area contributed by atoms with Gasteiger partial charge in [-0.3, -0.25) is 30.0 Å². The Kier molecular flexibility index (Phi) is 9.19. The van der Waals surface area contributed by atoms with Crippen LogP contribution in [0.4, 0.5) is 0 Å². The Morgan fingerprint density at radius 3 is 1.50 bits per heavy atom. The molecule has 2 aliphatic heterocycles. The number of thioether (sulfide) groups is 2. The fourth-order valence-electron chi connectivity index (χ4n) is 2.41. The molecule has 0 saturated carbocycles. The van der Waals surface area contributed by atoms with E-state index in [9.17, 15) is 19.2 Å². The van der Waals surface area contributed by atoms with Gasteiger partial charge in [-0.25, -0.2) is 10.0 Å². The van der Waals surface area contributed by atoms with E-state index in [2.05, 4.69) is 10.9 Å². The normalized spacial score (nSPS) is 15.6. The summed E-state index contributed by atoms with van der Waals surface area (Å²) in [5.74, 6) is -0.190. The molecule has 2 aliphatic rings. The summed E-state index contributed by atoms with van der Waals surface area (Å²) in [5.41, 5.74) is 6.88. The van der Waals surface area contributed by atoms with Crippen molar-refractivity contribution in [3.63, 3.8) is 0 Å². The van der Waals surface area contributed by atoms with Crippen LogP contribution < -0.4 is 10.9 Å². The second-order valence-electron chi connectivity index (χ2n) is 6.25. The minimum Gasteiger partial charge on any atom is -0.273 e. The highest BCUT2D eigenvalue weighted by Gasteiger charge is 2.29. The fourth-order valence-corrected chi connectivity index (χ4v) is 5.70. The number of nitrogens with zero attached hydrogens (tertiary/aromatic N) is 2. The zero-order valence-corrected chi connectivity index (χ0v) is 21.2. The summed E-state index contributed by atoms with van der Waals surface area (Å²) in [7, 11) is 0. The van der Waals surface area contributed by atoms with E-state index in [1.54, 1.807) is 0 Å². The van der Waals surface area contributed by atoms with Crippen LogP contribution in [-0.4, -0.2) is 53.8 Å². The average Bonchev–Trinajstić information content (AvgIpc) is 3.55. The molecule has 0 radical (unpaired) electrons. The first-order valence-electron chi connectivity index (χ1n) is 8.94. The predicted molar refractivity (Wildman–Crippen MR) is 136 cm³/mol. The van der Waals surface area contributed by atoms with E-state index >= 15 is 0 Å². The zero-order valence-electron chi connectivity index (χ0n) is 16.3. The maximum atomic E-state index is 11.6. The van der Waals surface area contributed by atoms with Crippen molar-refractivity contribution in [2.75, 3.05) is 11.5 Å². The number of hydrazine groups is 2. The van der Waals surface area contributed by atoms with Crippen molar-refractivity contribution < 1.29 is 19.2 Å². The van der Waals surface area contributed by atoms with Gasteiger partial charge in [-0.2, -0.15) is 22.7 Å². The molecule has 14 heteroatoms. The molecule has 2 N–H and O–H groups in total. The molecule has 2 aromatic rings. The quantitative estimate of drug-likeness (QED) is 0.535. The van der Waals surface area contributed by atoms with Crippen molar-refractivity contribution in [2.24, 2.45) is 0 Å². The van der Waals surface area contributed by atoms with Crippen LogP contribution in [0.5, 0.6) is 0 Å². The molecule has 2 aromatic heterocycles. The maximum Gasteiger partial charge on any atom is 0.257 e. The van der Waals surface area contributed by atoms with Crippen LogP contribution in [0.2, 0.25) is 0 Å². The van der Waals surface area contributed by atoms with Gasteiger partial charge in [-0.05, 0) is 44.8 Å². The largest absolute Gasteiger partial charge is 0.273 e. The molecule has 32 heavy (non-hydrogen) atoms. The van der Waals surface area contributed by atoms with Gasteiger partial charge in [0.15, 0.2) is 8.64 Å². The number of nitrogens with one attached hydrogen (secondary N) is 2. The minimum atomic E-state index is -0.225. The van der Waals surface area contributed by atoms with E-state index in [4.69, 9.17) is 24.4 Å². The summed E-state index contributed by atoms with van der Waals surface area (Å²) >= 11 is 15.5. The van der Waals surface area contributed by atoms with Gasteiger partial charge in [0.2, 0.25) is 11.8 Å². The van der Waals surface area contributed by atoms with E-state index in [1.165, 1.54) is 46.2 Å². The molecule has 4 rings (SSSR count). The summed E-state index contributed by atoms with van der Waals surface area (Å²) in [5, 5.41) is 9.91. The maximum absolute atomic E-state index is 11.6. The molecule has 2 fully saturated rings. The molecule has 4 amide bonds. The standard InChI is InChI=1S/2C9H8N2O2S3/c2*12-7(3-6-1-2-15-4-6)10-11-8(13)5-16-9(11)14/h2*1-2,4H,3,5H2,(H,10,12). The summed E-state index contributed by atoms with van der Waals surface area (Å²) in [4.78, 5) is 45.8. The monoisotopic (exact) mass is 544 g/mol. The molecule has 2 saturated heterocycles. The first-order valence-corrected chi connectivity index (χ1v) is 13.6. The van der Waals surface area contributed by atoms with Crippen molar-refractivity contribution in [3.05, 3.63) is 44.8 Å². The molecule has 168 valence electrons. The van der Waals surface area contributed by atoms with Crippen molar-refractivity contribution >= 4 is 103 Å². The number of thiophene rings is 2. The summed E-state index contributed by atoms with van der Waals surface area (Å²) in [6, 6.07) is 3.76. The molecule has 8 nitrogen and oxygen atoms in total. The Labute approximate surface area is 211 Å². The predicted octanol–water partition coefficient (Wildman–Crippen LogP) is 2.36. The fraction of sp³-hybridized carbons (Fsp3) is 0.222. The number of amides is 4. The first kappa shape index (κ1) is 24.8. The van der Waals surface area contributed by atoms with E-state index < -0.39 is 0 Å². The molecule has 0 bridgehead atoms. The number of thiocarbonyl (C=S) groups is 2. The number of rotatable bonds is 6. The summed E-state index contributed by atoms with van der Waals surface area (Å²) in [6.45, 7) is 0. The van der Waals surface area contributed by atoms with Crippen LogP contribution in [0, 0.1) is 0 Å². The third-order valence-corrected chi connectivity index (χ3v) is 8.04. The Morgan fingerprint density at radius 2 is 1.22 bits per heavy atom.